The van der Waals surface area contributed by atoms with E-state index in [-0.39, 0.29) is 0 Å². The van der Waals surface area contributed by atoms with Crippen molar-refractivity contribution in [1.82, 2.24) is 4.98 Å². The zero-order valence-corrected chi connectivity index (χ0v) is 8.15. The van der Waals surface area contributed by atoms with E-state index in [0.29, 0.717) is 6.54 Å². The molecule has 0 aliphatic rings. The minimum atomic E-state index is 0.528. The van der Waals surface area contributed by atoms with Gasteiger partial charge in [-0.25, -0.2) is 0 Å². The van der Waals surface area contributed by atoms with Crippen molar-refractivity contribution in [2.45, 2.75) is 13.5 Å². The molecule has 0 bridgehead atoms. The van der Waals surface area contributed by atoms with Gasteiger partial charge in [-0.1, -0.05) is 11.6 Å². The Bertz CT molecular complexity index is 445. The summed E-state index contributed by atoms with van der Waals surface area (Å²) in [7, 11) is 0. The van der Waals surface area contributed by atoms with Crippen LogP contribution >= 0.6 is 11.6 Å². The number of hydrogen-bond donors (Lipinski definition) is 2. The third-order valence-electron chi connectivity index (χ3n) is 2.24. The second-order valence-electron chi connectivity index (χ2n) is 3.18. The molecule has 0 saturated heterocycles. The number of aromatic nitrogens is 1. The van der Waals surface area contributed by atoms with Gasteiger partial charge in [-0.2, -0.15) is 0 Å². The van der Waals surface area contributed by atoms with Crippen LogP contribution in [0.4, 0.5) is 0 Å². The number of rotatable bonds is 1. The third-order valence-corrected chi connectivity index (χ3v) is 2.54. The smallest absolute Gasteiger partial charge is 0.0650 e. The molecule has 68 valence electrons. The first-order chi connectivity index (χ1) is 6.22. The van der Waals surface area contributed by atoms with E-state index in [1.54, 1.807) is 0 Å². The van der Waals surface area contributed by atoms with Gasteiger partial charge in [0.2, 0.25) is 0 Å². The summed E-state index contributed by atoms with van der Waals surface area (Å²) in [5.74, 6) is 0. The van der Waals surface area contributed by atoms with Crippen molar-refractivity contribution in [2.75, 3.05) is 0 Å². The SMILES string of the molecule is Cc1c[nH]c2c(Cl)cc(CN)cc12. The summed E-state index contributed by atoms with van der Waals surface area (Å²) in [6, 6.07) is 3.98. The number of fused-ring (bicyclic) bond motifs is 1. The fourth-order valence-electron chi connectivity index (χ4n) is 1.50. The van der Waals surface area contributed by atoms with E-state index < -0.39 is 0 Å². The van der Waals surface area contributed by atoms with E-state index in [4.69, 9.17) is 17.3 Å². The molecule has 0 saturated carbocycles. The average molecular weight is 195 g/mol. The number of hydrogen-bond acceptors (Lipinski definition) is 1. The Morgan fingerprint density at radius 1 is 1.46 bits per heavy atom. The van der Waals surface area contributed by atoms with Gasteiger partial charge in [0.05, 0.1) is 10.5 Å². The van der Waals surface area contributed by atoms with Crippen LogP contribution in [0.15, 0.2) is 18.3 Å². The first kappa shape index (κ1) is 8.60. The van der Waals surface area contributed by atoms with Crippen LogP contribution < -0.4 is 5.73 Å². The Balaban J connectivity index is 2.80. The highest BCUT2D eigenvalue weighted by atomic mass is 35.5. The van der Waals surface area contributed by atoms with Gasteiger partial charge in [0.1, 0.15) is 0 Å². The molecular weight excluding hydrogens is 184 g/mol. The van der Waals surface area contributed by atoms with E-state index in [1.165, 1.54) is 5.56 Å². The van der Waals surface area contributed by atoms with Crippen molar-refractivity contribution >= 4 is 22.5 Å². The van der Waals surface area contributed by atoms with Crippen LogP contribution in [0.2, 0.25) is 5.02 Å². The van der Waals surface area contributed by atoms with Crippen LogP contribution in [0, 0.1) is 6.92 Å². The van der Waals surface area contributed by atoms with Crippen molar-refractivity contribution in [2.24, 2.45) is 5.73 Å². The van der Waals surface area contributed by atoms with Crippen molar-refractivity contribution < 1.29 is 0 Å². The second kappa shape index (κ2) is 3.05. The Morgan fingerprint density at radius 2 is 2.23 bits per heavy atom. The minimum absolute atomic E-state index is 0.528. The molecule has 0 atom stereocenters. The quantitative estimate of drug-likeness (QED) is 0.720. The predicted octanol–water partition coefficient (Wildman–Crippen LogP) is 2.59. The molecule has 1 heterocycles. The van der Waals surface area contributed by atoms with E-state index in [0.717, 1.165) is 21.5 Å². The summed E-state index contributed by atoms with van der Waals surface area (Å²) < 4.78 is 0. The van der Waals surface area contributed by atoms with Gasteiger partial charge < -0.3 is 10.7 Å². The molecule has 0 aliphatic carbocycles. The maximum absolute atomic E-state index is 6.07. The van der Waals surface area contributed by atoms with Crippen LogP contribution in [0.1, 0.15) is 11.1 Å². The molecule has 0 amide bonds. The van der Waals surface area contributed by atoms with Gasteiger partial charge in [0.15, 0.2) is 0 Å². The molecule has 0 radical (unpaired) electrons. The van der Waals surface area contributed by atoms with Crippen molar-refractivity contribution in [3.05, 3.63) is 34.5 Å². The van der Waals surface area contributed by atoms with Gasteiger partial charge in [-0.3, -0.25) is 0 Å². The number of aromatic amines is 1. The third kappa shape index (κ3) is 1.32. The van der Waals surface area contributed by atoms with Gasteiger partial charge in [-0.15, -0.1) is 0 Å². The monoisotopic (exact) mass is 194 g/mol. The Kier molecular flexibility index (Phi) is 2.02. The van der Waals surface area contributed by atoms with Crippen molar-refractivity contribution in [3.63, 3.8) is 0 Å². The predicted molar refractivity (Wildman–Crippen MR) is 55.9 cm³/mol. The molecule has 2 nitrogen and oxygen atoms in total. The topological polar surface area (TPSA) is 41.8 Å². The lowest BCUT2D eigenvalue weighted by Crippen LogP contribution is -1.95. The molecule has 0 unspecified atom stereocenters. The van der Waals surface area contributed by atoms with Crippen LogP contribution in [0.25, 0.3) is 10.9 Å². The summed E-state index contributed by atoms with van der Waals surface area (Å²) in [6.07, 6.45) is 1.96. The maximum Gasteiger partial charge on any atom is 0.0650 e. The molecule has 13 heavy (non-hydrogen) atoms. The van der Waals surface area contributed by atoms with E-state index >= 15 is 0 Å². The second-order valence-corrected chi connectivity index (χ2v) is 3.58. The average Bonchev–Trinajstić information content (AvgIpc) is 2.48. The van der Waals surface area contributed by atoms with Crippen LogP contribution in [0.3, 0.4) is 0 Å². The zero-order valence-electron chi connectivity index (χ0n) is 7.39. The molecule has 2 aromatic rings. The molecule has 3 heteroatoms. The number of halogens is 1. The molecule has 0 aliphatic heterocycles. The van der Waals surface area contributed by atoms with Gasteiger partial charge in [0, 0.05) is 18.1 Å². The Labute approximate surface area is 81.7 Å². The summed E-state index contributed by atoms with van der Waals surface area (Å²) in [5, 5.41) is 1.90. The standard InChI is InChI=1S/C10H11ClN2/c1-6-5-13-10-8(6)2-7(4-12)3-9(10)11/h2-3,5,13H,4,12H2,1H3. The summed E-state index contributed by atoms with van der Waals surface area (Å²) in [4.78, 5) is 3.13. The fraction of sp³-hybridized carbons (Fsp3) is 0.200. The van der Waals surface area contributed by atoms with Crippen LogP contribution in [-0.4, -0.2) is 4.98 Å². The minimum Gasteiger partial charge on any atom is -0.360 e. The van der Waals surface area contributed by atoms with Crippen molar-refractivity contribution in [3.8, 4) is 0 Å². The number of nitrogens with two attached hydrogens (primary N) is 1. The number of aryl methyl sites for hydroxylation is 1. The van der Waals surface area contributed by atoms with Crippen LogP contribution in [0.5, 0.6) is 0 Å². The van der Waals surface area contributed by atoms with Gasteiger partial charge >= 0.3 is 0 Å². The summed E-state index contributed by atoms with van der Waals surface area (Å²) in [5.41, 5.74) is 8.83. The number of H-pyrrole nitrogens is 1. The van der Waals surface area contributed by atoms with E-state index in [1.807, 2.05) is 12.3 Å². The first-order valence-electron chi connectivity index (χ1n) is 4.18. The van der Waals surface area contributed by atoms with Crippen LogP contribution in [-0.2, 0) is 6.54 Å². The summed E-state index contributed by atoms with van der Waals surface area (Å²) >= 11 is 6.07. The highest BCUT2D eigenvalue weighted by molar-refractivity contribution is 6.35. The Hall–Kier alpha value is -0.990. The largest absolute Gasteiger partial charge is 0.360 e. The normalized spacial score (nSPS) is 11.0. The van der Waals surface area contributed by atoms with Gasteiger partial charge in [0.25, 0.3) is 0 Å². The molecular formula is C10H11ClN2. The first-order valence-corrected chi connectivity index (χ1v) is 4.56. The number of benzene rings is 1. The molecule has 0 spiro atoms. The summed E-state index contributed by atoms with van der Waals surface area (Å²) in [6.45, 7) is 2.58. The molecule has 2 rings (SSSR count). The van der Waals surface area contributed by atoms with Gasteiger partial charge in [-0.05, 0) is 30.2 Å². The van der Waals surface area contributed by atoms with E-state index in [2.05, 4.69) is 18.0 Å². The van der Waals surface area contributed by atoms with Crippen molar-refractivity contribution in [1.29, 1.82) is 0 Å². The molecule has 0 fully saturated rings. The van der Waals surface area contributed by atoms with E-state index in [9.17, 15) is 0 Å². The lowest BCUT2D eigenvalue weighted by atomic mass is 10.1. The highest BCUT2D eigenvalue weighted by Gasteiger charge is 2.04. The maximum atomic E-state index is 6.07. The molecule has 1 aromatic heterocycles. The molecule has 3 N–H and O–H groups in total. The lowest BCUT2D eigenvalue weighted by Gasteiger charge is -2.00. The molecule has 1 aromatic carbocycles. The zero-order chi connectivity index (χ0) is 9.42. The number of nitrogens with one attached hydrogen (secondary N) is 1. The lowest BCUT2D eigenvalue weighted by molar-refractivity contribution is 1.08. The highest BCUT2D eigenvalue weighted by Crippen LogP contribution is 2.26. The Morgan fingerprint density at radius 3 is 2.92 bits per heavy atom. The fourth-order valence-corrected chi connectivity index (χ4v) is 1.79.